The smallest absolute Gasteiger partial charge is 0.0200 e. The summed E-state index contributed by atoms with van der Waals surface area (Å²) in [6, 6.07) is 0. The predicted octanol–water partition coefficient (Wildman–Crippen LogP) is 4.42. The Morgan fingerprint density at radius 3 is 2.31 bits per heavy atom. The van der Waals surface area contributed by atoms with Gasteiger partial charge in [0, 0.05) is 0 Å². The molecule has 0 N–H and O–H groups in total. The van der Waals surface area contributed by atoms with Crippen LogP contribution in [0.5, 0.6) is 0 Å². The molecule has 0 bridgehead atoms. The van der Waals surface area contributed by atoms with Crippen LogP contribution in [0.15, 0.2) is 12.2 Å². The Hall–Kier alpha value is -0.260. The van der Waals surface area contributed by atoms with Crippen LogP contribution in [-0.4, -0.2) is 0 Å². The van der Waals surface area contributed by atoms with Crippen molar-refractivity contribution in [2.45, 2.75) is 53.4 Å². The standard InChI is InChI=1S/C13H24/c1-5-11-9-8-10-12(11)13(4,6-2)7-3/h8-9,11-12H,5-7,10H2,1-4H3. The van der Waals surface area contributed by atoms with Crippen molar-refractivity contribution in [2.75, 3.05) is 0 Å². The van der Waals surface area contributed by atoms with Crippen molar-refractivity contribution in [3.63, 3.8) is 0 Å². The molecule has 0 radical (unpaired) electrons. The van der Waals surface area contributed by atoms with Gasteiger partial charge < -0.3 is 0 Å². The molecule has 0 amide bonds. The van der Waals surface area contributed by atoms with E-state index in [0.29, 0.717) is 5.41 Å². The Labute approximate surface area is 83.4 Å². The summed E-state index contributed by atoms with van der Waals surface area (Å²) in [5.41, 5.74) is 0.574. The molecular formula is C13H24. The maximum atomic E-state index is 2.47. The highest BCUT2D eigenvalue weighted by Gasteiger charge is 2.36. The van der Waals surface area contributed by atoms with Crippen LogP contribution in [0.4, 0.5) is 0 Å². The average molecular weight is 180 g/mol. The summed E-state index contributed by atoms with van der Waals surface area (Å²) in [6.07, 6.45) is 10.1. The molecule has 0 aliphatic heterocycles. The first-order chi connectivity index (χ1) is 6.18. The monoisotopic (exact) mass is 180 g/mol. The van der Waals surface area contributed by atoms with Gasteiger partial charge in [-0.25, -0.2) is 0 Å². The van der Waals surface area contributed by atoms with E-state index in [4.69, 9.17) is 0 Å². The summed E-state index contributed by atoms with van der Waals surface area (Å²) in [5.74, 6) is 1.76. The molecule has 0 aromatic rings. The third kappa shape index (κ3) is 1.98. The van der Waals surface area contributed by atoms with Crippen LogP contribution < -0.4 is 0 Å². The fourth-order valence-electron chi connectivity index (χ4n) is 2.71. The van der Waals surface area contributed by atoms with Gasteiger partial charge in [-0.05, 0) is 30.1 Å². The molecular weight excluding hydrogens is 156 g/mol. The second-order valence-corrected chi connectivity index (χ2v) is 4.70. The maximum Gasteiger partial charge on any atom is -0.0200 e. The quantitative estimate of drug-likeness (QED) is 0.562. The molecule has 0 aromatic carbocycles. The van der Waals surface area contributed by atoms with Gasteiger partial charge in [0.25, 0.3) is 0 Å². The second kappa shape index (κ2) is 4.30. The van der Waals surface area contributed by atoms with Crippen LogP contribution >= 0.6 is 0 Å². The Bertz CT molecular complexity index is 174. The third-order valence-electron chi connectivity index (χ3n) is 4.27. The summed E-state index contributed by atoms with van der Waals surface area (Å²) >= 11 is 0. The average Bonchev–Trinajstić information content (AvgIpc) is 2.65. The lowest BCUT2D eigenvalue weighted by atomic mass is 9.68. The predicted molar refractivity (Wildman–Crippen MR) is 59.7 cm³/mol. The van der Waals surface area contributed by atoms with E-state index in [2.05, 4.69) is 39.8 Å². The van der Waals surface area contributed by atoms with Crippen molar-refractivity contribution in [3.8, 4) is 0 Å². The Kier molecular flexibility index (Phi) is 3.58. The molecule has 1 aliphatic rings. The van der Waals surface area contributed by atoms with Crippen molar-refractivity contribution in [1.82, 2.24) is 0 Å². The van der Waals surface area contributed by atoms with Crippen LogP contribution in [0.25, 0.3) is 0 Å². The van der Waals surface area contributed by atoms with Gasteiger partial charge in [0.05, 0.1) is 0 Å². The SMILES string of the molecule is CCC1C=CCC1C(C)(CC)CC. The minimum absolute atomic E-state index is 0.574. The minimum atomic E-state index is 0.574. The molecule has 76 valence electrons. The van der Waals surface area contributed by atoms with E-state index in [1.54, 1.807) is 0 Å². The van der Waals surface area contributed by atoms with E-state index in [1.807, 2.05) is 0 Å². The van der Waals surface area contributed by atoms with Crippen molar-refractivity contribution in [2.24, 2.45) is 17.3 Å². The van der Waals surface area contributed by atoms with Crippen LogP contribution in [0.3, 0.4) is 0 Å². The first-order valence-corrected chi connectivity index (χ1v) is 5.84. The van der Waals surface area contributed by atoms with Gasteiger partial charge >= 0.3 is 0 Å². The van der Waals surface area contributed by atoms with E-state index in [-0.39, 0.29) is 0 Å². The number of rotatable bonds is 4. The Morgan fingerprint density at radius 1 is 1.23 bits per heavy atom. The van der Waals surface area contributed by atoms with Crippen LogP contribution in [0, 0.1) is 17.3 Å². The first-order valence-electron chi connectivity index (χ1n) is 5.84. The second-order valence-electron chi connectivity index (χ2n) is 4.70. The molecule has 1 rings (SSSR count). The number of allylic oxidation sites excluding steroid dienone is 2. The normalized spacial score (nSPS) is 28.3. The van der Waals surface area contributed by atoms with Crippen molar-refractivity contribution < 1.29 is 0 Å². The molecule has 0 spiro atoms. The molecule has 0 fully saturated rings. The molecule has 2 atom stereocenters. The molecule has 0 heterocycles. The van der Waals surface area contributed by atoms with Crippen LogP contribution in [-0.2, 0) is 0 Å². The fourth-order valence-corrected chi connectivity index (χ4v) is 2.71. The van der Waals surface area contributed by atoms with Crippen molar-refractivity contribution in [1.29, 1.82) is 0 Å². The largest absolute Gasteiger partial charge is 0.0879 e. The Morgan fingerprint density at radius 2 is 1.85 bits per heavy atom. The van der Waals surface area contributed by atoms with Crippen LogP contribution in [0.2, 0.25) is 0 Å². The number of hydrogen-bond donors (Lipinski definition) is 0. The van der Waals surface area contributed by atoms with Crippen molar-refractivity contribution >= 4 is 0 Å². The van der Waals surface area contributed by atoms with E-state index in [9.17, 15) is 0 Å². The zero-order valence-corrected chi connectivity index (χ0v) is 9.64. The van der Waals surface area contributed by atoms with Crippen molar-refractivity contribution in [3.05, 3.63) is 12.2 Å². The number of hydrogen-bond acceptors (Lipinski definition) is 0. The lowest BCUT2D eigenvalue weighted by Crippen LogP contribution is -2.29. The zero-order chi connectivity index (χ0) is 9.90. The summed E-state index contributed by atoms with van der Waals surface area (Å²) in [4.78, 5) is 0. The highest BCUT2D eigenvalue weighted by Crippen LogP contribution is 2.45. The van der Waals surface area contributed by atoms with E-state index in [0.717, 1.165) is 11.8 Å². The summed E-state index contributed by atoms with van der Waals surface area (Å²) in [6.45, 7) is 9.47. The van der Waals surface area contributed by atoms with Gasteiger partial charge in [-0.15, -0.1) is 0 Å². The van der Waals surface area contributed by atoms with Gasteiger partial charge in [-0.2, -0.15) is 0 Å². The van der Waals surface area contributed by atoms with Gasteiger partial charge in [-0.1, -0.05) is 52.7 Å². The zero-order valence-electron chi connectivity index (χ0n) is 9.64. The summed E-state index contributed by atoms with van der Waals surface area (Å²) in [5, 5.41) is 0. The molecule has 1 aliphatic carbocycles. The molecule has 0 saturated carbocycles. The minimum Gasteiger partial charge on any atom is -0.0879 e. The highest BCUT2D eigenvalue weighted by molar-refractivity contribution is 5.05. The van der Waals surface area contributed by atoms with Crippen LogP contribution in [0.1, 0.15) is 53.4 Å². The molecule has 0 aromatic heterocycles. The van der Waals surface area contributed by atoms with E-state index < -0.39 is 0 Å². The highest BCUT2D eigenvalue weighted by atomic mass is 14.4. The molecule has 2 unspecified atom stereocenters. The lowest BCUT2D eigenvalue weighted by Gasteiger charge is -2.37. The Balaban J connectivity index is 2.70. The third-order valence-corrected chi connectivity index (χ3v) is 4.27. The fraction of sp³-hybridized carbons (Fsp3) is 0.846. The topological polar surface area (TPSA) is 0 Å². The summed E-state index contributed by atoms with van der Waals surface area (Å²) in [7, 11) is 0. The van der Waals surface area contributed by atoms with Gasteiger partial charge in [0.1, 0.15) is 0 Å². The van der Waals surface area contributed by atoms with Gasteiger partial charge in [-0.3, -0.25) is 0 Å². The molecule has 0 nitrogen and oxygen atoms in total. The van der Waals surface area contributed by atoms with Gasteiger partial charge in [0.15, 0.2) is 0 Å². The molecule has 13 heavy (non-hydrogen) atoms. The van der Waals surface area contributed by atoms with E-state index >= 15 is 0 Å². The van der Waals surface area contributed by atoms with E-state index in [1.165, 1.54) is 25.7 Å². The lowest BCUT2D eigenvalue weighted by molar-refractivity contribution is 0.135. The summed E-state index contributed by atoms with van der Waals surface area (Å²) < 4.78 is 0. The maximum absolute atomic E-state index is 2.47. The molecule has 0 saturated heterocycles. The molecule has 0 heteroatoms. The van der Waals surface area contributed by atoms with Gasteiger partial charge in [0.2, 0.25) is 0 Å². The first kappa shape index (κ1) is 10.8.